The molecule has 1 saturated carbocycles. The molecule has 2 nitrogen and oxygen atoms in total. The molecule has 1 aliphatic carbocycles. The van der Waals surface area contributed by atoms with Crippen LogP contribution in [-0.4, -0.2) is 17.5 Å². The maximum Gasteiger partial charge on any atom is 0.128 e. The van der Waals surface area contributed by atoms with Gasteiger partial charge in [0.15, 0.2) is 0 Å². The van der Waals surface area contributed by atoms with Crippen molar-refractivity contribution in [2.24, 2.45) is 11.8 Å². The highest BCUT2D eigenvalue weighted by molar-refractivity contribution is 6.20. The van der Waals surface area contributed by atoms with E-state index < -0.39 is 0 Å². The molecular weight excluding hydrogens is 282 g/mol. The first-order valence-corrected chi connectivity index (χ1v) is 8.63. The molecule has 1 fully saturated rings. The van der Waals surface area contributed by atoms with Crippen LogP contribution in [0.3, 0.4) is 0 Å². The number of aryl methyl sites for hydroxylation is 1. The van der Waals surface area contributed by atoms with Crippen LogP contribution in [0, 0.1) is 25.7 Å². The topological polar surface area (TPSA) is 22.1 Å². The van der Waals surface area contributed by atoms with Crippen molar-refractivity contribution in [3.63, 3.8) is 0 Å². The van der Waals surface area contributed by atoms with Crippen LogP contribution in [0.4, 0.5) is 0 Å². The van der Waals surface area contributed by atoms with Crippen LogP contribution in [0.5, 0.6) is 5.75 Å². The van der Waals surface area contributed by atoms with E-state index in [1.165, 1.54) is 31.2 Å². The average molecular weight is 310 g/mol. The van der Waals surface area contributed by atoms with Gasteiger partial charge >= 0.3 is 0 Å². The maximum absolute atomic E-state index is 6.60. The fraction of sp³-hybridized carbons (Fsp3) is 0.722. The minimum absolute atomic E-state index is 0.298. The summed E-state index contributed by atoms with van der Waals surface area (Å²) in [6.45, 7) is 6.44. The third-order valence-electron chi connectivity index (χ3n) is 4.90. The van der Waals surface area contributed by atoms with Gasteiger partial charge in [0.1, 0.15) is 5.75 Å². The molecule has 0 saturated heterocycles. The summed E-state index contributed by atoms with van der Waals surface area (Å²) in [5.74, 6) is 2.38. The summed E-state index contributed by atoms with van der Waals surface area (Å²) < 4.78 is 5.52. The summed E-state index contributed by atoms with van der Waals surface area (Å²) >= 11 is 6.60. The van der Waals surface area contributed by atoms with Crippen molar-refractivity contribution in [2.45, 2.75) is 64.7 Å². The van der Waals surface area contributed by atoms with Crippen LogP contribution >= 0.6 is 11.6 Å². The lowest BCUT2D eigenvalue weighted by Crippen LogP contribution is -2.27. The number of pyridine rings is 1. The molecule has 3 atom stereocenters. The van der Waals surface area contributed by atoms with E-state index in [0.29, 0.717) is 11.3 Å². The SMILES string of the molecule is CCCC1CCC(Cl)C(Cc2ncc(C)c(OC)c2C)C1. The summed E-state index contributed by atoms with van der Waals surface area (Å²) in [4.78, 5) is 4.65. The second-order valence-electron chi connectivity index (χ2n) is 6.49. The smallest absolute Gasteiger partial charge is 0.128 e. The van der Waals surface area contributed by atoms with Gasteiger partial charge in [-0.15, -0.1) is 11.6 Å². The van der Waals surface area contributed by atoms with Gasteiger partial charge in [0.05, 0.1) is 7.11 Å². The molecule has 2 rings (SSSR count). The first-order chi connectivity index (χ1) is 10.1. The van der Waals surface area contributed by atoms with Crippen molar-refractivity contribution in [3.8, 4) is 5.75 Å². The summed E-state index contributed by atoms with van der Waals surface area (Å²) in [7, 11) is 1.74. The van der Waals surface area contributed by atoms with E-state index in [4.69, 9.17) is 16.3 Å². The monoisotopic (exact) mass is 309 g/mol. The maximum atomic E-state index is 6.60. The standard InChI is InChI=1S/C18H28ClNO/c1-5-6-14-7-8-16(19)15(9-14)10-17-13(3)18(21-4)12(2)11-20-17/h11,14-16H,5-10H2,1-4H3. The van der Waals surface area contributed by atoms with Crippen LogP contribution in [0.15, 0.2) is 6.20 Å². The molecule has 0 bridgehead atoms. The lowest BCUT2D eigenvalue weighted by Gasteiger charge is -2.33. The van der Waals surface area contributed by atoms with E-state index in [9.17, 15) is 0 Å². The first kappa shape index (κ1) is 16.6. The normalized spacial score (nSPS) is 25.9. The van der Waals surface area contributed by atoms with E-state index in [-0.39, 0.29) is 0 Å². The fourth-order valence-corrected chi connectivity index (χ4v) is 4.05. The molecule has 1 aliphatic rings. The number of halogens is 1. The van der Waals surface area contributed by atoms with Gasteiger partial charge in [0.25, 0.3) is 0 Å². The zero-order valence-electron chi connectivity index (χ0n) is 13.8. The van der Waals surface area contributed by atoms with E-state index in [1.807, 2.05) is 13.1 Å². The molecule has 3 heteroatoms. The van der Waals surface area contributed by atoms with Gasteiger partial charge in [0, 0.05) is 28.4 Å². The number of hydrogen-bond acceptors (Lipinski definition) is 2. The Morgan fingerprint density at radius 3 is 2.76 bits per heavy atom. The molecular formula is C18H28ClNO. The third-order valence-corrected chi connectivity index (χ3v) is 5.48. The molecule has 0 spiro atoms. The summed E-state index contributed by atoms with van der Waals surface area (Å²) in [5, 5.41) is 0.298. The van der Waals surface area contributed by atoms with Crippen molar-refractivity contribution in [3.05, 3.63) is 23.0 Å². The van der Waals surface area contributed by atoms with Gasteiger partial charge in [-0.3, -0.25) is 4.98 Å². The van der Waals surface area contributed by atoms with Crippen molar-refractivity contribution < 1.29 is 4.74 Å². The Morgan fingerprint density at radius 2 is 2.10 bits per heavy atom. The van der Waals surface area contributed by atoms with E-state index in [0.717, 1.165) is 35.8 Å². The van der Waals surface area contributed by atoms with E-state index in [1.54, 1.807) is 7.11 Å². The van der Waals surface area contributed by atoms with Crippen LogP contribution in [0.2, 0.25) is 0 Å². The Labute approximate surface area is 134 Å². The van der Waals surface area contributed by atoms with Crippen molar-refractivity contribution >= 4 is 11.6 Å². The molecule has 118 valence electrons. The fourth-order valence-electron chi connectivity index (χ4n) is 3.73. The highest BCUT2D eigenvalue weighted by Crippen LogP contribution is 2.37. The Bertz CT molecular complexity index is 475. The largest absolute Gasteiger partial charge is 0.496 e. The second kappa shape index (κ2) is 7.49. The lowest BCUT2D eigenvalue weighted by atomic mass is 9.77. The highest BCUT2D eigenvalue weighted by atomic mass is 35.5. The molecule has 3 unspecified atom stereocenters. The predicted octanol–water partition coefficient (Wildman–Crippen LogP) is 5.07. The summed E-state index contributed by atoms with van der Waals surface area (Å²) in [6.07, 6.45) is 9.22. The zero-order chi connectivity index (χ0) is 15.4. The minimum atomic E-state index is 0.298. The van der Waals surface area contributed by atoms with Gasteiger partial charge in [-0.05, 0) is 51.4 Å². The van der Waals surface area contributed by atoms with Gasteiger partial charge in [-0.25, -0.2) is 0 Å². The molecule has 0 radical (unpaired) electrons. The van der Waals surface area contributed by atoms with Crippen LogP contribution in [0.25, 0.3) is 0 Å². The summed E-state index contributed by atoms with van der Waals surface area (Å²) in [6, 6.07) is 0. The Morgan fingerprint density at radius 1 is 1.33 bits per heavy atom. The Balaban J connectivity index is 2.13. The van der Waals surface area contributed by atoms with Gasteiger partial charge in [0.2, 0.25) is 0 Å². The third kappa shape index (κ3) is 3.91. The van der Waals surface area contributed by atoms with Gasteiger partial charge in [-0.2, -0.15) is 0 Å². The number of hydrogen-bond donors (Lipinski definition) is 0. The predicted molar refractivity (Wildman–Crippen MR) is 89.3 cm³/mol. The molecule has 1 aromatic rings. The molecule has 0 aromatic carbocycles. The van der Waals surface area contributed by atoms with Gasteiger partial charge < -0.3 is 4.74 Å². The second-order valence-corrected chi connectivity index (χ2v) is 7.05. The summed E-state index contributed by atoms with van der Waals surface area (Å²) in [5.41, 5.74) is 3.44. The van der Waals surface area contributed by atoms with Crippen LogP contribution < -0.4 is 4.74 Å². The van der Waals surface area contributed by atoms with Crippen LogP contribution in [0.1, 0.15) is 55.8 Å². The number of alkyl halides is 1. The first-order valence-electron chi connectivity index (χ1n) is 8.19. The van der Waals surface area contributed by atoms with Crippen molar-refractivity contribution in [1.29, 1.82) is 0 Å². The molecule has 0 amide bonds. The van der Waals surface area contributed by atoms with Crippen LogP contribution in [-0.2, 0) is 6.42 Å². The average Bonchev–Trinajstić information content (AvgIpc) is 2.46. The van der Waals surface area contributed by atoms with Crippen molar-refractivity contribution in [1.82, 2.24) is 4.98 Å². The molecule has 1 aromatic heterocycles. The highest BCUT2D eigenvalue weighted by Gasteiger charge is 2.29. The van der Waals surface area contributed by atoms with Gasteiger partial charge in [-0.1, -0.05) is 19.8 Å². The number of rotatable bonds is 5. The Hall–Kier alpha value is -0.760. The number of aromatic nitrogens is 1. The van der Waals surface area contributed by atoms with Crippen molar-refractivity contribution in [2.75, 3.05) is 7.11 Å². The molecule has 1 heterocycles. The minimum Gasteiger partial charge on any atom is -0.496 e. The molecule has 21 heavy (non-hydrogen) atoms. The number of ether oxygens (including phenoxy) is 1. The van der Waals surface area contributed by atoms with E-state index in [2.05, 4.69) is 18.8 Å². The molecule has 0 aliphatic heterocycles. The quantitative estimate of drug-likeness (QED) is 0.708. The zero-order valence-corrected chi connectivity index (χ0v) is 14.5. The van der Waals surface area contributed by atoms with E-state index >= 15 is 0 Å². The molecule has 0 N–H and O–H groups in total. The lowest BCUT2D eigenvalue weighted by molar-refractivity contribution is 0.255. The Kier molecular flexibility index (Phi) is 5.92. The number of methoxy groups -OCH3 is 1. The number of nitrogens with zero attached hydrogens (tertiary/aromatic N) is 1.